The summed E-state index contributed by atoms with van der Waals surface area (Å²) in [5.74, 6) is 0.994. The Hall–Kier alpha value is -2.27. The van der Waals surface area contributed by atoms with E-state index in [1.807, 2.05) is 0 Å². The Morgan fingerprint density at radius 3 is 2.19 bits per heavy atom. The molecule has 1 aliphatic heterocycles. The number of nitrogens with zero attached hydrogens (tertiary/aromatic N) is 1. The number of benzene rings is 3. The SMILES string of the molecule is CCOc1cccc(C(=C(CC)c2ccccc2)c2ccc(I)cc2)c1N1CCCC1. The average molecular weight is 523 g/mol. The third-order valence-electron chi connectivity index (χ3n) is 5.90. The van der Waals surface area contributed by atoms with Crippen LogP contribution in [0.25, 0.3) is 11.1 Å². The number of halogens is 1. The van der Waals surface area contributed by atoms with Crippen molar-refractivity contribution in [2.24, 2.45) is 0 Å². The van der Waals surface area contributed by atoms with Crippen LogP contribution < -0.4 is 9.64 Å². The van der Waals surface area contributed by atoms with E-state index in [1.165, 1.54) is 49.9 Å². The number of ether oxygens (including phenoxy) is 1. The molecule has 160 valence electrons. The highest BCUT2D eigenvalue weighted by molar-refractivity contribution is 14.1. The van der Waals surface area contributed by atoms with Gasteiger partial charge in [0.15, 0.2) is 0 Å². The zero-order valence-electron chi connectivity index (χ0n) is 18.4. The topological polar surface area (TPSA) is 12.5 Å². The molecule has 31 heavy (non-hydrogen) atoms. The van der Waals surface area contributed by atoms with E-state index in [4.69, 9.17) is 4.74 Å². The van der Waals surface area contributed by atoms with Gasteiger partial charge in [-0.05, 0) is 89.2 Å². The van der Waals surface area contributed by atoms with Gasteiger partial charge in [-0.25, -0.2) is 0 Å². The first-order valence-electron chi connectivity index (χ1n) is 11.3. The third kappa shape index (κ3) is 4.82. The quantitative estimate of drug-likeness (QED) is 0.233. The molecule has 1 heterocycles. The summed E-state index contributed by atoms with van der Waals surface area (Å²) in [6, 6.07) is 26.3. The Morgan fingerprint density at radius 1 is 0.839 bits per heavy atom. The molecule has 0 aliphatic carbocycles. The third-order valence-corrected chi connectivity index (χ3v) is 6.62. The zero-order valence-corrected chi connectivity index (χ0v) is 20.6. The van der Waals surface area contributed by atoms with Crippen molar-refractivity contribution in [3.05, 3.63) is 93.1 Å². The fourth-order valence-corrected chi connectivity index (χ4v) is 4.90. The summed E-state index contributed by atoms with van der Waals surface area (Å²) in [5, 5.41) is 0. The predicted octanol–water partition coefficient (Wildman–Crippen LogP) is 7.66. The van der Waals surface area contributed by atoms with E-state index in [2.05, 4.69) is 114 Å². The summed E-state index contributed by atoms with van der Waals surface area (Å²) in [6.07, 6.45) is 3.44. The fraction of sp³-hybridized carbons (Fsp3) is 0.286. The Balaban J connectivity index is 2.02. The van der Waals surface area contributed by atoms with Gasteiger partial charge < -0.3 is 9.64 Å². The molecule has 0 aromatic heterocycles. The lowest BCUT2D eigenvalue weighted by Gasteiger charge is -2.27. The second-order valence-electron chi connectivity index (χ2n) is 7.86. The van der Waals surface area contributed by atoms with Crippen molar-refractivity contribution in [3.8, 4) is 5.75 Å². The summed E-state index contributed by atoms with van der Waals surface area (Å²) in [6.45, 7) is 7.18. The fourth-order valence-electron chi connectivity index (χ4n) is 4.54. The van der Waals surface area contributed by atoms with E-state index in [0.717, 1.165) is 25.3 Å². The zero-order chi connectivity index (χ0) is 21.6. The summed E-state index contributed by atoms with van der Waals surface area (Å²) in [7, 11) is 0. The minimum absolute atomic E-state index is 0.673. The highest BCUT2D eigenvalue weighted by Gasteiger charge is 2.24. The van der Waals surface area contributed by atoms with Crippen LogP contribution in [-0.2, 0) is 0 Å². The number of para-hydroxylation sites is 1. The maximum absolute atomic E-state index is 6.15. The molecule has 0 amide bonds. The van der Waals surface area contributed by atoms with Crippen molar-refractivity contribution in [3.63, 3.8) is 0 Å². The highest BCUT2D eigenvalue weighted by Crippen LogP contribution is 2.43. The molecule has 1 saturated heterocycles. The average Bonchev–Trinajstić information content (AvgIpc) is 3.33. The maximum Gasteiger partial charge on any atom is 0.143 e. The van der Waals surface area contributed by atoms with Crippen LogP contribution >= 0.6 is 22.6 Å². The Kier molecular flexibility index (Phi) is 7.33. The van der Waals surface area contributed by atoms with Crippen molar-refractivity contribution in [2.75, 3.05) is 24.6 Å². The molecule has 1 fully saturated rings. The minimum Gasteiger partial charge on any atom is -0.492 e. The van der Waals surface area contributed by atoms with Crippen LogP contribution in [0.2, 0.25) is 0 Å². The number of allylic oxidation sites excluding steroid dienone is 1. The molecule has 4 rings (SSSR count). The molecule has 0 atom stereocenters. The van der Waals surface area contributed by atoms with Crippen LogP contribution in [0, 0.1) is 3.57 Å². The van der Waals surface area contributed by atoms with E-state index in [0.29, 0.717) is 6.61 Å². The van der Waals surface area contributed by atoms with Gasteiger partial charge in [0.05, 0.1) is 12.3 Å². The van der Waals surface area contributed by atoms with Gasteiger partial charge in [-0.1, -0.05) is 61.5 Å². The monoisotopic (exact) mass is 523 g/mol. The van der Waals surface area contributed by atoms with E-state index >= 15 is 0 Å². The van der Waals surface area contributed by atoms with Crippen LogP contribution in [0.3, 0.4) is 0 Å². The molecule has 0 saturated carbocycles. The van der Waals surface area contributed by atoms with Crippen LogP contribution in [0.4, 0.5) is 5.69 Å². The van der Waals surface area contributed by atoms with E-state index in [9.17, 15) is 0 Å². The Morgan fingerprint density at radius 2 is 1.55 bits per heavy atom. The molecule has 3 heteroatoms. The second kappa shape index (κ2) is 10.4. The molecule has 0 bridgehead atoms. The number of hydrogen-bond donors (Lipinski definition) is 0. The molecule has 1 aliphatic rings. The molecule has 0 unspecified atom stereocenters. The predicted molar refractivity (Wildman–Crippen MR) is 141 cm³/mol. The first-order valence-corrected chi connectivity index (χ1v) is 12.4. The minimum atomic E-state index is 0.673. The summed E-state index contributed by atoms with van der Waals surface area (Å²) >= 11 is 2.38. The smallest absolute Gasteiger partial charge is 0.143 e. The second-order valence-corrected chi connectivity index (χ2v) is 9.11. The van der Waals surface area contributed by atoms with Crippen LogP contribution in [0.15, 0.2) is 72.8 Å². The van der Waals surface area contributed by atoms with Crippen LogP contribution in [0.1, 0.15) is 49.8 Å². The largest absolute Gasteiger partial charge is 0.492 e. The van der Waals surface area contributed by atoms with E-state index in [1.54, 1.807) is 0 Å². The van der Waals surface area contributed by atoms with Crippen molar-refractivity contribution >= 4 is 39.4 Å². The molecule has 0 N–H and O–H groups in total. The van der Waals surface area contributed by atoms with E-state index in [-0.39, 0.29) is 0 Å². The lowest BCUT2D eigenvalue weighted by atomic mass is 9.87. The maximum atomic E-state index is 6.15. The molecular formula is C28H30INO. The van der Waals surface area contributed by atoms with Crippen LogP contribution in [-0.4, -0.2) is 19.7 Å². The van der Waals surface area contributed by atoms with Crippen molar-refractivity contribution < 1.29 is 4.74 Å². The van der Waals surface area contributed by atoms with Gasteiger partial charge in [0, 0.05) is 22.2 Å². The lowest BCUT2D eigenvalue weighted by molar-refractivity contribution is 0.340. The molecule has 0 spiro atoms. The summed E-state index contributed by atoms with van der Waals surface area (Å²) in [5.41, 5.74) is 7.75. The lowest BCUT2D eigenvalue weighted by Crippen LogP contribution is -2.20. The van der Waals surface area contributed by atoms with Gasteiger partial charge >= 0.3 is 0 Å². The van der Waals surface area contributed by atoms with Gasteiger partial charge in [0.25, 0.3) is 0 Å². The van der Waals surface area contributed by atoms with E-state index < -0.39 is 0 Å². The van der Waals surface area contributed by atoms with Gasteiger partial charge in [0.1, 0.15) is 5.75 Å². The van der Waals surface area contributed by atoms with Crippen molar-refractivity contribution in [2.45, 2.75) is 33.1 Å². The highest BCUT2D eigenvalue weighted by atomic mass is 127. The van der Waals surface area contributed by atoms with Gasteiger partial charge in [-0.2, -0.15) is 0 Å². The molecule has 3 aromatic rings. The van der Waals surface area contributed by atoms with Gasteiger partial charge in [0.2, 0.25) is 0 Å². The molecule has 0 radical (unpaired) electrons. The standard InChI is InChI=1S/C28H30INO/c1-3-24(21-11-6-5-7-12-21)27(22-15-17-23(29)18-16-22)25-13-10-14-26(31-4-2)28(25)30-19-8-9-20-30/h5-7,10-18H,3-4,8-9,19-20H2,1-2H3. The number of rotatable bonds is 7. The van der Waals surface area contributed by atoms with Gasteiger partial charge in [-0.15, -0.1) is 0 Å². The number of hydrogen-bond acceptors (Lipinski definition) is 2. The Labute approximate surface area is 200 Å². The first-order chi connectivity index (χ1) is 15.2. The van der Waals surface area contributed by atoms with Crippen molar-refractivity contribution in [1.82, 2.24) is 0 Å². The van der Waals surface area contributed by atoms with Crippen LogP contribution in [0.5, 0.6) is 5.75 Å². The normalized spacial score (nSPS) is 14.5. The molecule has 3 aromatic carbocycles. The van der Waals surface area contributed by atoms with Crippen molar-refractivity contribution in [1.29, 1.82) is 0 Å². The first kappa shape index (κ1) is 21.9. The van der Waals surface area contributed by atoms with Gasteiger partial charge in [-0.3, -0.25) is 0 Å². The molecular weight excluding hydrogens is 493 g/mol. The number of anilines is 1. The molecule has 2 nitrogen and oxygen atoms in total. The summed E-state index contributed by atoms with van der Waals surface area (Å²) < 4.78 is 7.40. The summed E-state index contributed by atoms with van der Waals surface area (Å²) in [4.78, 5) is 2.52. The Bertz CT molecular complexity index is 1030.